The van der Waals surface area contributed by atoms with Gasteiger partial charge in [-0.3, -0.25) is 19.2 Å². The summed E-state index contributed by atoms with van der Waals surface area (Å²) in [6.07, 6.45) is -8.10. The number of nitrogens with one attached hydrogen (secondary N) is 3. The Hall–Kier alpha value is -2.36. The summed E-state index contributed by atoms with van der Waals surface area (Å²) in [6, 6.07) is -1.69. The van der Waals surface area contributed by atoms with Crippen LogP contribution in [0.1, 0.15) is 71.6 Å². The van der Waals surface area contributed by atoms with Crippen molar-refractivity contribution >= 4 is 23.5 Å². The second-order valence-electron chi connectivity index (χ2n) is 12.4. The van der Waals surface area contributed by atoms with Crippen LogP contribution >= 0.6 is 0 Å². The minimum absolute atomic E-state index is 0.0873. The van der Waals surface area contributed by atoms with E-state index in [0.717, 1.165) is 0 Å². The third kappa shape index (κ3) is 14.4. The fourth-order valence-electron chi connectivity index (χ4n) is 5.43. The van der Waals surface area contributed by atoms with Gasteiger partial charge in [0, 0.05) is 39.5 Å². The first-order valence-corrected chi connectivity index (χ1v) is 16.8. The molecular weight excluding hydrogens is 654 g/mol. The molecule has 2 saturated heterocycles. The molecule has 0 saturated carbocycles. The average Bonchev–Trinajstić information content (AvgIpc) is 3.06. The highest BCUT2D eigenvalue weighted by Gasteiger charge is 2.45. The van der Waals surface area contributed by atoms with E-state index in [1.165, 1.54) is 13.8 Å². The van der Waals surface area contributed by atoms with Crippen molar-refractivity contribution in [3.05, 3.63) is 0 Å². The average molecular weight is 710 g/mol. The molecular formula is C31H55N3O15. The van der Waals surface area contributed by atoms with Crippen molar-refractivity contribution in [2.24, 2.45) is 0 Å². The molecule has 49 heavy (non-hydrogen) atoms. The molecule has 2 heterocycles. The topological polar surface area (TPSA) is 283 Å². The van der Waals surface area contributed by atoms with Crippen molar-refractivity contribution in [2.75, 3.05) is 33.0 Å². The summed E-state index contributed by atoms with van der Waals surface area (Å²) in [6.45, 7) is 2.14. The molecule has 10 N–H and O–H groups in total. The number of hydrogen-bond donors (Lipinski definition) is 10. The van der Waals surface area contributed by atoms with Crippen LogP contribution in [0.5, 0.6) is 0 Å². The number of amides is 3. The maximum Gasteiger partial charge on any atom is 0.220 e. The molecule has 2 fully saturated rings. The number of carbonyl (C=O) groups excluding carboxylic acids is 4. The summed E-state index contributed by atoms with van der Waals surface area (Å²) in [5.74, 6) is -1.13. The standard InChI is InChI=1S/C31H55N3O15/c1-17(37)19(34-23(40)11-5-8-14-47-31-29(45)28(44)26(42)21(16-36)49-31)9-3-6-12-32-22(39)10-4-7-13-46-30-24(33-18(2)38)27(43)25(41)20(15-35)48-30/h19-21,24-31,35-36,41-45H,3-16H2,1-2H3,(H,32,39)(H,33,38)(H,34,40)/t19-,20?,21?,24?,25?,26?,27?,28?,29?,30?,31?/m0/s1. The predicted molar refractivity (Wildman–Crippen MR) is 168 cm³/mol. The van der Waals surface area contributed by atoms with Crippen LogP contribution in [-0.4, -0.2) is 160 Å². The second-order valence-corrected chi connectivity index (χ2v) is 12.4. The lowest BCUT2D eigenvalue weighted by Gasteiger charge is -2.42. The van der Waals surface area contributed by atoms with Crippen LogP contribution in [0.2, 0.25) is 0 Å². The Balaban J connectivity index is 1.56. The van der Waals surface area contributed by atoms with Gasteiger partial charge in [0.05, 0.1) is 19.3 Å². The number of hydrogen-bond acceptors (Lipinski definition) is 15. The van der Waals surface area contributed by atoms with Crippen molar-refractivity contribution in [1.82, 2.24) is 16.0 Å². The molecule has 0 radical (unpaired) electrons. The molecule has 11 atom stereocenters. The molecule has 18 heteroatoms. The van der Waals surface area contributed by atoms with Gasteiger partial charge in [-0.1, -0.05) is 0 Å². The first kappa shape index (κ1) is 42.8. The van der Waals surface area contributed by atoms with Crippen molar-refractivity contribution in [3.63, 3.8) is 0 Å². The Morgan fingerprint density at radius 1 is 0.673 bits per heavy atom. The van der Waals surface area contributed by atoms with Gasteiger partial charge >= 0.3 is 0 Å². The van der Waals surface area contributed by atoms with Gasteiger partial charge in [-0.2, -0.15) is 0 Å². The molecule has 0 aromatic heterocycles. The van der Waals surface area contributed by atoms with Crippen molar-refractivity contribution < 1.29 is 73.9 Å². The lowest BCUT2D eigenvalue weighted by molar-refractivity contribution is -0.301. The van der Waals surface area contributed by atoms with Crippen molar-refractivity contribution in [2.45, 2.75) is 139 Å². The van der Waals surface area contributed by atoms with Crippen LogP contribution in [-0.2, 0) is 38.1 Å². The number of aliphatic hydroxyl groups excluding tert-OH is 7. The van der Waals surface area contributed by atoms with Crippen LogP contribution in [0, 0.1) is 0 Å². The molecule has 0 aromatic rings. The highest BCUT2D eigenvalue weighted by atomic mass is 16.7. The van der Waals surface area contributed by atoms with E-state index in [1.54, 1.807) is 0 Å². The quantitative estimate of drug-likeness (QED) is 0.0488. The molecule has 0 bridgehead atoms. The maximum atomic E-state index is 12.4. The predicted octanol–water partition coefficient (Wildman–Crippen LogP) is -3.54. The molecule has 0 spiro atoms. The van der Waals surface area contributed by atoms with E-state index >= 15 is 0 Å². The van der Waals surface area contributed by atoms with Gasteiger partial charge in [-0.05, 0) is 51.9 Å². The largest absolute Gasteiger partial charge is 0.394 e. The van der Waals surface area contributed by atoms with Crippen LogP contribution in [0.3, 0.4) is 0 Å². The van der Waals surface area contributed by atoms with Crippen LogP contribution in [0.4, 0.5) is 0 Å². The molecule has 18 nitrogen and oxygen atoms in total. The highest BCUT2D eigenvalue weighted by Crippen LogP contribution is 2.23. The van der Waals surface area contributed by atoms with Gasteiger partial charge in [0.15, 0.2) is 18.4 Å². The first-order valence-electron chi connectivity index (χ1n) is 16.8. The summed E-state index contributed by atoms with van der Waals surface area (Å²) in [4.78, 5) is 48.2. The minimum Gasteiger partial charge on any atom is -0.394 e. The van der Waals surface area contributed by atoms with E-state index in [9.17, 15) is 54.9 Å². The first-order chi connectivity index (χ1) is 23.3. The zero-order valence-electron chi connectivity index (χ0n) is 28.1. The van der Waals surface area contributed by atoms with Gasteiger partial charge in [0.1, 0.15) is 48.8 Å². The Kier molecular flexibility index (Phi) is 19.6. The molecule has 3 amide bonds. The number of aliphatic hydroxyl groups is 7. The summed E-state index contributed by atoms with van der Waals surface area (Å²) >= 11 is 0. The zero-order chi connectivity index (χ0) is 36.5. The van der Waals surface area contributed by atoms with Crippen LogP contribution in [0.25, 0.3) is 0 Å². The Morgan fingerprint density at radius 3 is 1.80 bits per heavy atom. The third-order valence-electron chi connectivity index (χ3n) is 8.33. The second kappa shape index (κ2) is 22.5. The molecule has 284 valence electrons. The third-order valence-corrected chi connectivity index (χ3v) is 8.33. The lowest BCUT2D eigenvalue weighted by Crippen LogP contribution is -2.64. The molecule has 2 rings (SSSR count). The normalized spacial score (nSPS) is 30.7. The van der Waals surface area contributed by atoms with E-state index in [4.69, 9.17) is 18.9 Å². The van der Waals surface area contributed by atoms with Crippen LogP contribution in [0.15, 0.2) is 0 Å². The fourth-order valence-corrected chi connectivity index (χ4v) is 5.43. The summed E-state index contributed by atoms with van der Waals surface area (Å²) < 4.78 is 21.8. The van der Waals surface area contributed by atoms with Crippen molar-refractivity contribution in [1.29, 1.82) is 0 Å². The summed E-state index contributed by atoms with van der Waals surface area (Å²) in [5, 5.41) is 76.6. The molecule has 10 unspecified atom stereocenters. The van der Waals surface area contributed by atoms with Gasteiger partial charge < -0.3 is 70.6 Å². The van der Waals surface area contributed by atoms with Gasteiger partial charge in [-0.25, -0.2) is 0 Å². The summed E-state index contributed by atoms with van der Waals surface area (Å²) in [5.41, 5.74) is 0. The number of Topliss-reactive ketones (excluding diaryl/α,β-unsaturated/α-hetero) is 1. The van der Waals surface area contributed by atoms with Crippen LogP contribution < -0.4 is 16.0 Å². The number of unbranched alkanes of at least 4 members (excludes halogenated alkanes) is 3. The maximum absolute atomic E-state index is 12.4. The van der Waals surface area contributed by atoms with Gasteiger partial charge in [0.2, 0.25) is 17.7 Å². The summed E-state index contributed by atoms with van der Waals surface area (Å²) in [7, 11) is 0. The SMILES string of the molecule is CC(=O)NC1C(OCCCCC(=O)NCCCC[C@H](NC(=O)CCCCOC2OC(CO)C(O)C(O)C2O)C(C)=O)OC(CO)C(O)C1O. The monoisotopic (exact) mass is 709 g/mol. The van der Waals surface area contributed by atoms with E-state index in [0.29, 0.717) is 51.5 Å². The number of ketones is 1. The lowest BCUT2D eigenvalue weighted by atomic mass is 9.97. The molecule has 2 aliphatic heterocycles. The van der Waals surface area contributed by atoms with Crippen molar-refractivity contribution in [3.8, 4) is 0 Å². The number of carbonyl (C=O) groups is 4. The van der Waals surface area contributed by atoms with E-state index in [2.05, 4.69) is 16.0 Å². The molecule has 0 aromatic carbocycles. The van der Waals surface area contributed by atoms with E-state index < -0.39 is 86.5 Å². The Labute approximate surface area is 285 Å². The smallest absolute Gasteiger partial charge is 0.220 e. The number of rotatable bonds is 22. The minimum atomic E-state index is -1.54. The Morgan fingerprint density at radius 2 is 1.22 bits per heavy atom. The van der Waals surface area contributed by atoms with Gasteiger partial charge in [-0.15, -0.1) is 0 Å². The molecule has 0 aliphatic carbocycles. The fraction of sp³-hybridized carbons (Fsp3) is 0.871. The van der Waals surface area contributed by atoms with E-state index in [-0.39, 0.29) is 43.7 Å². The van der Waals surface area contributed by atoms with Gasteiger partial charge in [0.25, 0.3) is 0 Å². The Bertz CT molecular complexity index is 1020. The molecule has 2 aliphatic rings. The number of ether oxygens (including phenoxy) is 4. The highest BCUT2D eigenvalue weighted by molar-refractivity contribution is 5.87. The van der Waals surface area contributed by atoms with E-state index in [1.807, 2.05) is 0 Å². The zero-order valence-corrected chi connectivity index (χ0v) is 28.1.